The summed E-state index contributed by atoms with van der Waals surface area (Å²) in [5.74, 6) is -0.833. The summed E-state index contributed by atoms with van der Waals surface area (Å²) in [5.41, 5.74) is 0. The van der Waals surface area contributed by atoms with Gasteiger partial charge in [-0.15, -0.1) is 0 Å². The minimum atomic E-state index is -0.833. The monoisotopic (exact) mass is 132 g/mol. The summed E-state index contributed by atoms with van der Waals surface area (Å²) in [6.07, 6.45) is 2.91. The van der Waals surface area contributed by atoms with Gasteiger partial charge in [0.15, 0.2) is 0 Å². The summed E-state index contributed by atoms with van der Waals surface area (Å²) in [4.78, 5) is 9.78. The fourth-order valence-corrected chi connectivity index (χ4v) is 0.438. The molecule has 0 fully saturated rings. The molecule has 0 saturated carbocycles. The van der Waals surface area contributed by atoms with E-state index in [1.807, 2.05) is 0 Å². The van der Waals surface area contributed by atoms with Gasteiger partial charge in [0, 0.05) is 0 Å². The van der Waals surface area contributed by atoms with E-state index in [9.17, 15) is 4.79 Å². The molecule has 0 rings (SSSR count). The first-order chi connectivity index (χ1) is 3.77. The molecule has 0 radical (unpaired) electrons. The predicted octanol–water partition coefficient (Wildman–Crippen LogP) is -0.728. The Labute approximate surface area is 50.5 Å². The van der Waals surface area contributed by atoms with Crippen LogP contribution in [0.4, 0.5) is 0 Å². The fraction of sp³-hybridized carbons (Fsp3) is 0.250. The molecular formula is C4H8O3Si. The summed E-state index contributed by atoms with van der Waals surface area (Å²) < 4.78 is 4.59. The minimum absolute atomic E-state index is 0.0439. The van der Waals surface area contributed by atoms with E-state index in [0.717, 1.165) is 0 Å². The smallest absolute Gasteiger partial charge is 0.307 e. The number of carbonyl (C=O) groups is 1. The highest BCUT2D eigenvalue weighted by Gasteiger charge is 1.86. The van der Waals surface area contributed by atoms with Gasteiger partial charge in [0.05, 0.1) is 12.7 Å². The van der Waals surface area contributed by atoms with E-state index in [1.54, 1.807) is 0 Å². The van der Waals surface area contributed by atoms with Crippen molar-refractivity contribution < 1.29 is 14.3 Å². The molecule has 0 amide bonds. The number of carboxylic acids is 1. The molecule has 0 saturated heterocycles. The van der Waals surface area contributed by atoms with Crippen LogP contribution in [0.5, 0.6) is 0 Å². The van der Waals surface area contributed by atoms with Crippen molar-refractivity contribution in [2.45, 2.75) is 6.42 Å². The molecule has 4 heteroatoms. The van der Waals surface area contributed by atoms with Crippen molar-refractivity contribution in [2.75, 3.05) is 0 Å². The molecule has 3 nitrogen and oxygen atoms in total. The zero-order valence-corrected chi connectivity index (χ0v) is 6.63. The van der Waals surface area contributed by atoms with Crippen LogP contribution < -0.4 is 0 Å². The average molecular weight is 132 g/mol. The number of hydrogen-bond donors (Lipinski definition) is 1. The van der Waals surface area contributed by atoms with E-state index in [0.29, 0.717) is 10.5 Å². The summed E-state index contributed by atoms with van der Waals surface area (Å²) >= 11 is 0. The standard InChI is InChI=1S/C4H8O3Si/c5-4(6)2-1-3-7-8/h1,3H,2H2,8H3,(H,5,6). The topological polar surface area (TPSA) is 46.5 Å². The van der Waals surface area contributed by atoms with Crippen LogP contribution in [0.3, 0.4) is 0 Å². The zero-order chi connectivity index (χ0) is 6.41. The summed E-state index contributed by atoms with van der Waals surface area (Å²) in [5, 5.41) is 8.04. The Hall–Kier alpha value is -0.773. The van der Waals surface area contributed by atoms with Crippen molar-refractivity contribution in [2.24, 2.45) is 0 Å². The molecule has 0 unspecified atom stereocenters. The third kappa shape index (κ3) is 5.23. The quantitative estimate of drug-likeness (QED) is 0.407. The molecule has 0 aromatic rings. The first-order valence-corrected chi connectivity index (χ1v) is 2.98. The van der Waals surface area contributed by atoms with E-state index in [2.05, 4.69) is 4.43 Å². The van der Waals surface area contributed by atoms with Crippen molar-refractivity contribution in [1.82, 2.24) is 0 Å². The van der Waals surface area contributed by atoms with Gasteiger partial charge in [-0.25, -0.2) is 0 Å². The van der Waals surface area contributed by atoms with Crippen LogP contribution in [-0.4, -0.2) is 21.6 Å². The summed E-state index contributed by atoms with van der Waals surface area (Å²) in [6, 6.07) is 0. The molecule has 1 N–H and O–H groups in total. The molecule has 0 bridgehead atoms. The van der Waals surface area contributed by atoms with Crippen LogP contribution in [0.25, 0.3) is 0 Å². The van der Waals surface area contributed by atoms with Gasteiger partial charge < -0.3 is 9.53 Å². The summed E-state index contributed by atoms with van der Waals surface area (Å²) in [7, 11) is 0.619. The lowest BCUT2D eigenvalue weighted by molar-refractivity contribution is -0.136. The van der Waals surface area contributed by atoms with Gasteiger partial charge in [0.2, 0.25) is 10.5 Å². The lowest BCUT2D eigenvalue weighted by Crippen LogP contribution is -1.89. The van der Waals surface area contributed by atoms with Crippen molar-refractivity contribution in [3.63, 3.8) is 0 Å². The predicted molar refractivity (Wildman–Crippen MR) is 32.4 cm³/mol. The second-order valence-electron chi connectivity index (χ2n) is 1.21. The van der Waals surface area contributed by atoms with E-state index in [1.165, 1.54) is 12.3 Å². The van der Waals surface area contributed by atoms with Crippen LogP contribution >= 0.6 is 0 Å². The fourth-order valence-electron chi connectivity index (χ4n) is 0.245. The largest absolute Gasteiger partial charge is 0.559 e. The van der Waals surface area contributed by atoms with Crippen LogP contribution in [0.2, 0.25) is 0 Å². The van der Waals surface area contributed by atoms with Gasteiger partial charge >= 0.3 is 5.97 Å². The zero-order valence-electron chi connectivity index (χ0n) is 4.63. The third-order valence-electron chi connectivity index (χ3n) is 0.525. The Morgan fingerprint density at radius 3 is 2.88 bits per heavy atom. The Kier molecular flexibility index (Phi) is 3.96. The maximum Gasteiger partial charge on any atom is 0.307 e. The first kappa shape index (κ1) is 7.23. The van der Waals surface area contributed by atoms with Gasteiger partial charge in [-0.1, -0.05) is 0 Å². The van der Waals surface area contributed by atoms with Crippen molar-refractivity contribution in [1.29, 1.82) is 0 Å². The number of aliphatic carboxylic acids is 1. The van der Waals surface area contributed by atoms with E-state index < -0.39 is 5.97 Å². The van der Waals surface area contributed by atoms with Gasteiger partial charge in [-0.3, -0.25) is 4.79 Å². The van der Waals surface area contributed by atoms with Crippen LogP contribution in [0.1, 0.15) is 6.42 Å². The van der Waals surface area contributed by atoms with Crippen LogP contribution in [0, 0.1) is 0 Å². The molecule has 0 heterocycles. The Bertz CT molecular complexity index is 99.5. The molecular weight excluding hydrogens is 124 g/mol. The van der Waals surface area contributed by atoms with Crippen molar-refractivity contribution in [3.8, 4) is 0 Å². The SMILES string of the molecule is O=C(O)CC=CO[SiH3]. The highest BCUT2D eigenvalue weighted by atomic mass is 28.2. The van der Waals surface area contributed by atoms with Crippen LogP contribution in [0.15, 0.2) is 12.3 Å². The molecule has 0 aromatic carbocycles. The lowest BCUT2D eigenvalue weighted by Gasteiger charge is -1.84. The number of hydrogen-bond acceptors (Lipinski definition) is 2. The molecule has 0 spiro atoms. The average Bonchev–Trinajstić information content (AvgIpc) is 1.66. The second-order valence-corrected chi connectivity index (χ2v) is 1.68. The number of rotatable bonds is 3. The Morgan fingerprint density at radius 2 is 2.50 bits per heavy atom. The Balaban J connectivity index is 3.16. The molecule has 8 heavy (non-hydrogen) atoms. The van der Waals surface area contributed by atoms with E-state index in [4.69, 9.17) is 5.11 Å². The summed E-state index contributed by atoms with van der Waals surface area (Å²) in [6.45, 7) is 0. The van der Waals surface area contributed by atoms with Gasteiger partial charge in [-0.2, -0.15) is 0 Å². The third-order valence-corrected chi connectivity index (χ3v) is 0.797. The Morgan fingerprint density at radius 1 is 1.88 bits per heavy atom. The maximum absolute atomic E-state index is 9.78. The van der Waals surface area contributed by atoms with Crippen LogP contribution in [-0.2, 0) is 9.22 Å². The highest BCUT2D eigenvalue weighted by molar-refractivity contribution is 5.98. The first-order valence-electron chi connectivity index (χ1n) is 2.17. The van der Waals surface area contributed by atoms with Gasteiger partial charge in [0.25, 0.3) is 0 Å². The highest BCUT2D eigenvalue weighted by Crippen LogP contribution is 1.80. The molecule has 0 aliphatic carbocycles. The van der Waals surface area contributed by atoms with Gasteiger partial charge in [-0.05, 0) is 6.08 Å². The number of carboxylic acid groups (broad SMARTS) is 1. The van der Waals surface area contributed by atoms with Crippen molar-refractivity contribution in [3.05, 3.63) is 12.3 Å². The van der Waals surface area contributed by atoms with Crippen molar-refractivity contribution >= 4 is 16.5 Å². The van der Waals surface area contributed by atoms with E-state index >= 15 is 0 Å². The molecule has 0 atom stereocenters. The second kappa shape index (κ2) is 4.39. The minimum Gasteiger partial charge on any atom is -0.559 e. The molecule has 0 aromatic heterocycles. The maximum atomic E-state index is 9.78. The van der Waals surface area contributed by atoms with E-state index in [-0.39, 0.29) is 6.42 Å². The van der Waals surface area contributed by atoms with Gasteiger partial charge in [0.1, 0.15) is 0 Å². The normalized spacial score (nSPS) is 10.0. The molecule has 0 aliphatic rings. The molecule has 0 aliphatic heterocycles. The lowest BCUT2D eigenvalue weighted by atomic mass is 10.4. The molecule has 46 valence electrons.